The molecule has 1 aliphatic rings. The van der Waals surface area contributed by atoms with Crippen LogP contribution in [0.2, 0.25) is 0 Å². The number of carbonyl (C=O) groups is 1. The van der Waals surface area contributed by atoms with Gasteiger partial charge in [-0.1, -0.05) is 42.8 Å². The summed E-state index contributed by atoms with van der Waals surface area (Å²) in [6, 6.07) is 8.35. The van der Waals surface area contributed by atoms with E-state index in [1.165, 1.54) is 5.56 Å². The molecule has 0 spiro atoms. The number of amides is 1. The number of benzene rings is 1. The van der Waals surface area contributed by atoms with Gasteiger partial charge in [0.1, 0.15) is 5.69 Å². The summed E-state index contributed by atoms with van der Waals surface area (Å²) in [6.07, 6.45) is 0.538. The van der Waals surface area contributed by atoms with Crippen LogP contribution in [0, 0.1) is 12.8 Å². The smallest absolute Gasteiger partial charge is 0.233 e. The molecule has 0 aliphatic carbocycles. The second kappa shape index (κ2) is 9.44. The van der Waals surface area contributed by atoms with Gasteiger partial charge in [-0.15, -0.1) is 0 Å². The minimum absolute atomic E-state index is 0.0963. The number of hydrogen-bond donors (Lipinski definition) is 0. The molecule has 1 aromatic heterocycles. The lowest BCUT2D eigenvalue weighted by molar-refractivity contribution is -0.134. The van der Waals surface area contributed by atoms with Gasteiger partial charge in [0.25, 0.3) is 0 Å². The zero-order chi connectivity index (χ0) is 21.0. The van der Waals surface area contributed by atoms with Gasteiger partial charge in [0.05, 0.1) is 25.3 Å². The molecule has 0 radical (unpaired) electrons. The van der Waals surface area contributed by atoms with Gasteiger partial charge >= 0.3 is 0 Å². The number of ether oxygens (including phenoxy) is 1. The Labute approximate surface area is 173 Å². The van der Waals surface area contributed by atoms with E-state index in [9.17, 15) is 4.79 Å². The third-order valence-electron chi connectivity index (χ3n) is 5.21. The molecule has 29 heavy (non-hydrogen) atoms. The summed E-state index contributed by atoms with van der Waals surface area (Å²) < 4.78 is 11.4. The maximum atomic E-state index is 13.0. The van der Waals surface area contributed by atoms with Crippen LogP contribution in [-0.2, 0) is 16.1 Å². The van der Waals surface area contributed by atoms with Crippen LogP contribution in [0.1, 0.15) is 45.2 Å². The van der Waals surface area contributed by atoms with Gasteiger partial charge < -0.3 is 19.1 Å². The fourth-order valence-corrected chi connectivity index (χ4v) is 3.67. The highest BCUT2D eigenvalue weighted by Crippen LogP contribution is 2.34. The Hall–Kier alpha value is -2.34. The number of aryl methyl sites for hydroxylation is 1. The third-order valence-corrected chi connectivity index (χ3v) is 5.21. The van der Waals surface area contributed by atoms with Crippen LogP contribution in [0.4, 0.5) is 5.88 Å². The highest BCUT2D eigenvalue weighted by Gasteiger charge is 2.28. The average molecular weight is 400 g/mol. The minimum Gasteiger partial charge on any atom is -0.378 e. The lowest BCUT2D eigenvalue weighted by atomic mass is 10.0. The van der Waals surface area contributed by atoms with Crippen molar-refractivity contribution in [2.24, 2.45) is 5.92 Å². The van der Waals surface area contributed by atoms with Gasteiger partial charge in [0, 0.05) is 31.1 Å². The quantitative estimate of drug-likeness (QED) is 0.696. The van der Waals surface area contributed by atoms with Crippen LogP contribution >= 0.6 is 0 Å². The van der Waals surface area contributed by atoms with Gasteiger partial charge in [-0.3, -0.25) is 4.79 Å². The Kier molecular flexibility index (Phi) is 6.96. The van der Waals surface area contributed by atoms with Crippen molar-refractivity contribution in [1.82, 2.24) is 10.1 Å². The van der Waals surface area contributed by atoms with Crippen LogP contribution < -0.4 is 4.90 Å². The Morgan fingerprint density at radius 1 is 1.21 bits per heavy atom. The molecule has 0 atom stereocenters. The third kappa shape index (κ3) is 5.18. The van der Waals surface area contributed by atoms with Gasteiger partial charge in [0.15, 0.2) is 0 Å². The van der Waals surface area contributed by atoms with E-state index in [1.54, 1.807) is 0 Å². The van der Waals surface area contributed by atoms with Crippen molar-refractivity contribution < 1.29 is 14.1 Å². The SMILES string of the molecule is Cc1cccc(-c2noc(N3CCOCC3)c2CN(C(=O)CC(C)C)C(C)C)c1. The largest absolute Gasteiger partial charge is 0.378 e. The Morgan fingerprint density at radius 3 is 2.55 bits per heavy atom. The maximum Gasteiger partial charge on any atom is 0.233 e. The van der Waals surface area contributed by atoms with Crippen molar-refractivity contribution in [3.05, 3.63) is 35.4 Å². The van der Waals surface area contributed by atoms with E-state index in [-0.39, 0.29) is 11.9 Å². The van der Waals surface area contributed by atoms with E-state index in [2.05, 4.69) is 56.8 Å². The molecule has 6 heteroatoms. The molecule has 1 saturated heterocycles. The molecule has 1 fully saturated rings. The summed E-state index contributed by atoms with van der Waals surface area (Å²) in [5.41, 5.74) is 3.98. The fraction of sp³-hybridized carbons (Fsp3) is 0.565. The lowest BCUT2D eigenvalue weighted by Crippen LogP contribution is -2.39. The van der Waals surface area contributed by atoms with Crippen LogP contribution in [0.3, 0.4) is 0 Å². The predicted molar refractivity (Wildman–Crippen MR) is 115 cm³/mol. The van der Waals surface area contributed by atoms with Gasteiger partial charge in [-0.05, 0) is 32.8 Å². The predicted octanol–water partition coefficient (Wildman–Crippen LogP) is 4.27. The number of anilines is 1. The van der Waals surface area contributed by atoms with Crippen LogP contribution in [0.15, 0.2) is 28.8 Å². The number of carbonyl (C=O) groups excluding carboxylic acids is 1. The molecule has 1 aliphatic heterocycles. The van der Waals surface area contributed by atoms with Gasteiger partial charge in [-0.25, -0.2) is 0 Å². The molecule has 0 saturated carbocycles. The number of aromatic nitrogens is 1. The summed E-state index contributed by atoms with van der Waals surface area (Å²) in [5.74, 6) is 1.24. The molecule has 2 heterocycles. The van der Waals surface area contributed by atoms with E-state index in [1.807, 2.05) is 17.0 Å². The van der Waals surface area contributed by atoms with Crippen molar-refractivity contribution in [3.63, 3.8) is 0 Å². The zero-order valence-corrected chi connectivity index (χ0v) is 18.3. The topological polar surface area (TPSA) is 58.8 Å². The first-order valence-electron chi connectivity index (χ1n) is 10.5. The van der Waals surface area contributed by atoms with Crippen molar-refractivity contribution in [3.8, 4) is 11.3 Å². The first-order valence-corrected chi connectivity index (χ1v) is 10.5. The molecule has 158 valence electrons. The number of morpholine rings is 1. The van der Waals surface area contributed by atoms with E-state index in [4.69, 9.17) is 9.26 Å². The van der Waals surface area contributed by atoms with E-state index in [0.717, 1.165) is 35.8 Å². The molecule has 6 nitrogen and oxygen atoms in total. The average Bonchev–Trinajstić information content (AvgIpc) is 3.09. The Bertz CT molecular complexity index is 823. The van der Waals surface area contributed by atoms with Crippen molar-refractivity contribution >= 4 is 11.8 Å². The number of rotatable bonds is 7. The second-order valence-electron chi connectivity index (χ2n) is 8.50. The van der Waals surface area contributed by atoms with E-state index >= 15 is 0 Å². The van der Waals surface area contributed by atoms with Crippen molar-refractivity contribution in [2.45, 2.75) is 53.6 Å². The lowest BCUT2D eigenvalue weighted by Gasteiger charge is -2.30. The molecule has 1 aromatic carbocycles. The maximum absolute atomic E-state index is 13.0. The summed E-state index contributed by atoms with van der Waals surface area (Å²) in [6.45, 7) is 13.7. The second-order valence-corrected chi connectivity index (χ2v) is 8.50. The van der Waals surface area contributed by atoms with Gasteiger partial charge in [-0.2, -0.15) is 0 Å². The first kappa shape index (κ1) is 21.4. The summed E-state index contributed by atoms with van der Waals surface area (Å²) in [4.78, 5) is 17.1. The Morgan fingerprint density at radius 2 is 1.93 bits per heavy atom. The molecule has 1 amide bonds. The summed E-state index contributed by atoms with van der Waals surface area (Å²) in [5, 5.41) is 4.44. The first-order chi connectivity index (χ1) is 13.9. The van der Waals surface area contributed by atoms with E-state index < -0.39 is 0 Å². The molecule has 3 rings (SSSR count). The molecule has 2 aromatic rings. The van der Waals surface area contributed by atoms with Crippen LogP contribution in [-0.4, -0.2) is 48.3 Å². The summed E-state index contributed by atoms with van der Waals surface area (Å²) in [7, 11) is 0. The van der Waals surface area contributed by atoms with Crippen LogP contribution in [0.5, 0.6) is 0 Å². The Balaban J connectivity index is 2.00. The highest BCUT2D eigenvalue weighted by molar-refractivity contribution is 5.78. The van der Waals surface area contributed by atoms with Crippen molar-refractivity contribution in [2.75, 3.05) is 31.2 Å². The monoisotopic (exact) mass is 399 g/mol. The van der Waals surface area contributed by atoms with Crippen molar-refractivity contribution in [1.29, 1.82) is 0 Å². The standard InChI is InChI=1S/C23H33N3O3/c1-16(2)13-21(27)26(17(3)4)15-20-22(19-8-6-7-18(5)14-19)24-29-23(20)25-9-11-28-12-10-25/h6-8,14,16-17H,9-13,15H2,1-5H3. The highest BCUT2D eigenvalue weighted by atomic mass is 16.5. The van der Waals surface area contributed by atoms with E-state index in [0.29, 0.717) is 32.1 Å². The molecule has 0 unspecified atom stereocenters. The molecular weight excluding hydrogens is 366 g/mol. The van der Waals surface area contributed by atoms with Gasteiger partial charge in [0.2, 0.25) is 11.8 Å². The molecular formula is C23H33N3O3. The normalized spacial score (nSPS) is 14.7. The summed E-state index contributed by atoms with van der Waals surface area (Å²) >= 11 is 0. The molecule has 0 bridgehead atoms. The minimum atomic E-state index is 0.0963. The zero-order valence-electron chi connectivity index (χ0n) is 18.3. The number of hydrogen-bond acceptors (Lipinski definition) is 5. The van der Waals surface area contributed by atoms with Crippen LogP contribution in [0.25, 0.3) is 11.3 Å². The number of nitrogens with zero attached hydrogens (tertiary/aromatic N) is 3. The molecule has 0 N–H and O–H groups in total. The fourth-order valence-electron chi connectivity index (χ4n) is 3.67.